The highest BCUT2D eigenvalue weighted by Crippen LogP contribution is 2.31. The number of carboxylic acid groups (broad SMARTS) is 1. The van der Waals surface area contributed by atoms with Crippen molar-refractivity contribution >= 4 is 5.97 Å². The van der Waals surface area contributed by atoms with Crippen LogP contribution in [0.15, 0.2) is 78.0 Å². The largest absolute Gasteiger partial charge is 0.478 e. The number of aromatic nitrogens is 3. The summed E-state index contributed by atoms with van der Waals surface area (Å²) in [6, 6.07) is 13.9. The zero-order chi connectivity index (χ0) is 20.5. The molecule has 0 saturated heterocycles. The van der Waals surface area contributed by atoms with Crippen LogP contribution in [-0.2, 0) is 7.05 Å². The van der Waals surface area contributed by atoms with Gasteiger partial charge in [-0.2, -0.15) is 5.10 Å². The molecule has 0 atom stereocenters. The minimum absolute atomic E-state index is 0.126. The average molecular weight is 389 g/mol. The number of halogens is 1. The van der Waals surface area contributed by atoms with E-state index in [-0.39, 0.29) is 16.9 Å². The van der Waals surface area contributed by atoms with Gasteiger partial charge >= 0.3 is 5.97 Å². The van der Waals surface area contributed by atoms with E-state index in [4.69, 9.17) is 0 Å². The summed E-state index contributed by atoms with van der Waals surface area (Å²) >= 11 is 0. The number of hydrogen-bond acceptors (Lipinski definition) is 3. The van der Waals surface area contributed by atoms with E-state index in [0.717, 1.165) is 5.56 Å². The Kier molecular flexibility index (Phi) is 4.56. The maximum Gasteiger partial charge on any atom is 0.337 e. The summed E-state index contributed by atoms with van der Waals surface area (Å²) in [5.41, 5.74) is 3.10. The van der Waals surface area contributed by atoms with E-state index < -0.39 is 5.97 Å². The van der Waals surface area contributed by atoms with Crippen LogP contribution in [0.3, 0.4) is 0 Å². The van der Waals surface area contributed by atoms with Crippen LogP contribution in [0.25, 0.3) is 27.9 Å². The molecule has 0 spiro atoms. The van der Waals surface area contributed by atoms with Crippen LogP contribution in [0.4, 0.5) is 4.39 Å². The highest BCUT2D eigenvalue weighted by atomic mass is 19.1. The third kappa shape index (κ3) is 3.45. The molecule has 0 amide bonds. The molecule has 2 heterocycles. The van der Waals surface area contributed by atoms with Crippen molar-refractivity contribution in [3.05, 3.63) is 94.9 Å². The fourth-order valence-corrected chi connectivity index (χ4v) is 3.18. The van der Waals surface area contributed by atoms with E-state index in [1.807, 2.05) is 0 Å². The number of nitrogens with zero attached hydrogens (tertiary/aromatic N) is 3. The van der Waals surface area contributed by atoms with Crippen molar-refractivity contribution in [2.24, 2.45) is 7.05 Å². The van der Waals surface area contributed by atoms with Crippen LogP contribution in [0.5, 0.6) is 0 Å². The van der Waals surface area contributed by atoms with Gasteiger partial charge in [-0.3, -0.25) is 4.79 Å². The Bertz CT molecular complexity index is 1270. The first-order chi connectivity index (χ1) is 13.9. The van der Waals surface area contributed by atoms with Gasteiger partial charge in [0.15, 0.2) is 0 Å². The molecule has 0 aliphatic heterocycles. The monoisotopic (exact) mass is 389 g/mol. The molecule has 4 rings (SSSR count). The number of rotatable bonds is 4. The number of pyridine rings is 1. The molecular weight excluding hydrogens is 373 g/mol. The van der Waals surface area contributed by atoms with Gasteiger partial charge in [0.2, 0.25) is 0 Å². The zero-order valence-electron chi connectivity index (χ0n) is 15.4. The first kappa shape index (κ1) is 18.4. The van der Waals surface area contributed by atoms with Crippen molar-refractivity contribution in [2.75, 3.05) is 0 Å². The topological polar surface area (TPSA) is 77.1 Å². The molecule has 29 heavy (non-hydrogen) atoms. The van der Waals surface area contributed by atoms with Gasteiger partial charge in [-0.15, -0.1) is 0 Å². The second-order valence-corrected chi connectivity index (χ2v) is 6.55. The number of aryl methyl sites for hydroxylation is 1. The number of carbonyl (C=O) groups is 1. The van der Waals surface area contributed by atoms with Crippen molar-refractivity contribution in [1.29, 1.82) is 0 Å². The first-order valence-electron chi connectivity index (χ1n) is 8.78. The fourth-order valence-electron chi connectivity index (χ4n) is 3.18. The maximum absolute atomic E-state index is 13.3. The Morgan fingerprint density at radius 3 is 2.45 bits per heavy atom. The first-order valence-corrected chi connectivity index (χ1v) is 8.78. The smallest absolute Gasteiger partial charge is 0.337 e. The molecule has 144 valence electrons. The summed E-state index contributed by atoms with van der Waals surface area (Å²) in [7, 11) is 1.64. The minimum Gasteiger partial charge on any atom is -0.478 e. The highest BCUT2D eigenvalue weighted by Gasteiger charge is 2.15. The quantitative estimate of drug-likeness (QED) is 0.577. The standard InChI is InChI=1S/C22H16FN3O3/c1-25-13-19(18(10-21(25)27)14-6-8-16(23)9-7-14)15-11-24-26(12-15)20-5-3-2-4-17(20)22(28)29/h2-13H,1H3,(H,28,29). The van der Waals surface area contributed by atoms with Crippen LogP contribution < -0.4 is 5.56 Å². The summed E-state index contributed by atoms with van der Waals surface area (Å²) in [5, 5.41) is 13.7. The molecular formula is C22H16FN3O3. The number of carboxylic acids is 1. The molecule has 0 bridgehead atoms. The lowest BCUT2D eigenvalue weighted by molar-refractivity contribution is 0.0696. The third-order valence-corrected chi connectivity index (χ3v) is 4.66. The molecule has 7 heteroatoms. The molecule has 0 fully saturated rings. The second-order valence-electron chi connectivity index (χ2n) is 6.55. The number of hydrogen-bond donors (Lipinski definition) is 1. The van der Waals surface area contributed by atoms with Crippen molar-refractivity contribution in [1.82, 2.24) is 14.3 Å². The van der Waals surface area contributed by atoms with Gasteiger partial charge in [0.25, 0.3) is 5.56 Å². The van der Waals surface area contributed by atoms with E-state index in [2.05, 4.69) is 5.10 Å². The van der Waals surface area contributed by atoms with Gasteiger partial charge in [0.05, 0.1) is 17.4 Å². The fraction of sp³-hybridized carbons (Fsp3) is 0.0455. The molecule has 0 aliphatic rings. The Hall–Kier alpha value is -4.00. The summed E-state index contributed by atoms with van der Waals surface area (Å²) in [4.78, 5) is 23.7. The van der Waals surface area contributed by atoms with E-state index >= 15 is 0 Å². The van der Waals surface area contributed by atoms with Crippen LogP contribution in [0.1, 0.15) is 10.4 Å². The summed E-state index contributed by atoms with van der Waals surface area (Å²) in [6.07, 6.45) is 4.99. The van der Waals surface area contributed by atoms with Crippen LogP contribution in [0, 0.1) is 5.82 Å². The van der Waals surface area contributed by atoms with Crippen LogP contribution in [0.2, 0.25) is 0 Å². The molecule has 6 nitrogen and oxygen atoms in total. The van der Waals surface area contributed by atoms with Gasteiger partial charge in [-0.1, -0.05) is 24.3 Å². The predicted octanol–water partition coefficient (Wildman–Crippen LogP) is 3.74. The molecule has 0 unspecified atom stereocenters. The molecule has 2 aromatic carbocycles. The minimum atomic E-state index is -1.05. The molecule has 0 radical (unpaired) electrons. The predicted molar refractivity (Wildman–Crippen MR) is 107 cm³/mol. The lowest BCUT2D eigenvalue weighted by Gasteiger charge is -2.10. The lowest BCUT2D eigenvalue weighted by Crippen LogP contribution is -2.15. The molecule has 2 aromatic heterocycles. The Balaban J connectivity index is 1.87. The summed E-state index contributed by atoms with van der Waals surface area (Å²) in [6.45, 7) is 0. The average Bonchev–Trinajstić information content (AvgIpc) is 3.20. The maximum atomic E-state index is 13.3. The number of para-hydroxylation sites is 1. The Morgan fingerprint density at radius 2 is 1.72 bits per heavy atom. The van der Waals surface area contributed by atoms with Gasteiger partial charge in [0, 0.05) is 36.6 Å². The summed E-state index contributed by atoms with van der Waals surface area (Å²) in [5.74, 6) is -1.41. The Morgan fingerprint density at radius 1 is 1.00 bits per heavy atom. The van der Waals surface area contributed by atoms with Crippen molar-refractivity contribution < 1.29 is 14.3 Å². The van der Waals surface area contributed by atoms with E-state index in [1.165, 1.54) is 33.5 Å². The van der Waals surface area contributed by atoms with Gasteiger partial charge in [-0.25, -0.2) is 13.9 Å². The summed E-state index contributed by atoms with van der Waals surface area (Å²) < 4.78 is 16.3. The van der Waals surface area contributed by atoms with E-state index in [9.17, 15) is 19.1 Å². The van der Waals surface area contributed by atoms with Crippen molar-refractivity contribution in [2.45, 2.75) is 0 Å². The SMILES string of the molecule is Cn1cc(-c2cnn(-c3ccccc3C(=O)O)c2)c(-c2ccc(F)cc2)cc1=O. The molecule has 0 aliphatic carbocycles. The highest BCUT2D eigenvalue weighted by molar-refractivity contribution is 5.92. The van der Waals surface area contributed by atoms with E-state index in [1.54, 1.807) is 56.0 Å². The van der Waals surface area contributed by atoms with Crippen molar-refractivity contribution in [3.63, 3.8) is 0 Å². The van der Waals surface area contributed by atoms with Gasteiger partial charge < -0.3 is 9.67 Å². The van der Waals surface area contributed by atoms with E-state index in [0.29, 0.717) is 22.4 Å². The molecule has 0 saturated carbocycles. The van der Waals surface area contributed by atoms with Crippen LogP contribution in [-0.4, -0.2) is 25.4 Å². The van der Waals surface area contributed by atoms with Crippen molar-refractivity contribution in [3.8, 4) is 27.9 Å². The Labute approximate surface area is 165 Å². The number of benzene rings is 2. The lowest BCUT2D eigenvalue weighted by atomic mass is 9.98. The van der Waals surface area contributed by atoms with Gasteiger partial charge in [0.1, 0.15) is 5.82 Å². The van der Waals surface area contributed by atoms with Crippen LogP contribution >= 0.6 is 0 Å². The third-order valence-electron chi connectivity index (χ3n) is 4.66. The number of aromatic carboxylic acids is 1. The molecule has 4 aromatic rings. The zero-order valence-corrected chi connectivity index (χ0v) is 15.4. The second kappa shape index (κ2) is 7.20. The molecule has 1 N–H and O–H groups in total. The van der Waals surface area contributed by atoms with Gasteiger partial charge in [-0.05, 0) is 35.4 Å². The normalized spacial score (nSPS) is 10.8.